The number of hydrogen-bond acceptors (Lipinski definition) is 5. The fourth-order valence-corrected chi connectivity index (χ4v) is 4.73. The largest absolute Gasteiger partial charge is 0.386 e. The van der Waals surface area contributed by atoms with Crippen molar-refractivity contribution < 1.29 is 4.79 Å². The number of nitrogens with one attached hydrogen (secondary N) is 2. The van der Waals surface area contributed by atoms with Gasteiger partial charge in [-0.25, -0.2) is 0 Å². The number of carbonyl (C=O) groups excluding carboxylic acids is 1. The number of amides is 1. The molecule has 1 heterocycles. The van der Waals surface area contributed by atoms with Gasteiger partial charge in [0.1, 0.15) is 0 Å². The van der Waals surface area contributed by atoms with Gasteiger partial charge in [0.2, 0.25) is 6.41 Å². The zero-order valence-electron chi connectivity index (χ0n) is 19.4. The standard InChI is InChI=1S/C15H14N2OS.C12H18N2/c1-16-14-7-2-3-8-15(14)19-10-12-5-4-6-13(9-12)17-11-18;1-10-5-6-12(11(9-10)13-2)14-7-3-4-8-14/h2-9,11H,1,10H2,(H,17,18);5-6,9,13H,3-4,7-8H2,1-2H3. The molecule has 5 nitrogen and oxygen atoms in total. The van der Waals surface area contributed by atoms with Crippen molar-refractivity contribution in [3.05, 3.63) is 77.9 Å². The highest BCUT2D eigenvalue weighted by molar-refractivity contribution is 7.98. The van der Waals surface area contributed by atoms with Gasteiger partial charge in [0.15, 0.2) is 0 Å². The lowest BCUT2D eigenvalue weighted by atomic mass is 10.2. The van der Waals surface area contributed by atoms with Gasteiger partial charge in [0, 0.05) is 36.5 Å². The number of anilines is 3. The molecule has 6 heteroatoms. The summed E-state index contributed by atoms with van der Waals surface area (Å²) in [6.45, 7) is 8.12. The Bertz CT molecular complexity index is 1060. The number of para-hydroxylation sites is 1. The minimum Gasteiger partial charge on any atom is -0.386 e. The first-order chi connectivity index (χ1) is 16.1. The summed E-state index contributed by atoms with van der Waals surface area (Å²) in [7, 11) is 1.99. The number of aliphatic imine (C=N–C) groups is 1. The summed E-state index contributed by atoms with van der Waals surface area (Å²) < 4.78 is 0. The van der Waals surface area contributed by atoms with Crippen LogP contribution in [0.5, 0.6) is 0 Å². The van der Waals surface area contributed by atoms with Crippen molar-refractivity contribution >= 4 is 47.6 Å². The summed E-state index contributed by atoms with van der Waals surface area (Å²) in [5, 5.41) is 5.92. The number of rotatable bonds is 8. The molecule has 3 aromatic rings. The van der Waals surface area contributed by atoms with Gasteiger partial charge >= 0.3 is 0 Å². The Morgan fingerprint density at radius 3 is 2.58 bits per heavy atom. The van der Waals surface area contributed by atoms with Crippen LogP contribution in [-0.4, -0.2) is 33.3 Å². The molecule has 1 aliphatic heterocycles. The molecule has 33 heavy (non-hydrogen) atoms. The van der Waals surface area contributed by atoms with Crippen LogP contribution in [0, 0.1) is 6.92 Å². The number of aryl methyl sites for hydroxylation is 1. The predicted octanol–water partition coefficient (Wildman–Crippen LogP) is 6.52. The molecule has 0 saturated carbocycles. The number of hydrogen-bond donors (Lipinski definition) is 2. The monoisotopic (exact) mass is 460 g/mol. The van der Waals surface area contributed by atoms with Crippen LogP contribution >= 0.6 is 11.8 Å². The average Bonchev–Trinajstić information content (AvgIpc) is 3.38. The molecule has 1 fully saturated rings. The minimum absolute atomic E-state index is 0.684. The van der Waals surface area contributed by atoms with Crippen molar-refractivity contribution in [2.75, 3.05) is 35.7 Å². The lowest BCUT2D eigenvalue weighted by molar-refractivity contribution is -0.105. The van der Waals surface area contributed by atoms with Crippen LogP contribution in [0.15, 0.2) is 76.6 Å². The molecule has 0 radical (unpaired) electrons. The Balaban J connectivity index is 0.000000194. The van der Waals surface area contributed by atoms with Crippen LogP contribution in [0.3, 0.4) is 0 Å². The molecule has 0 aliphatic carbocycles. The number of nitrogens with zero attached hydrogens (tertiary/aromatic N) is 2. The lowest BCUT2D eigenvalue weighted by Gasteiger charge is -2.21. The van der Waals surface area contributed by atoms with Crippen LogP contribution in [0.2, 0.25) is 0 Å². The van der Waals surface area contributed by atoms with E-state index in [1.54, 1.807) is 11.8 Å². The molecule has 2 N–H and O–H groups in total. The normalized spacial score (nSPS) is 12.5. The molecule has 0 bridgehead atoms. The molecule has 1 saturated heterocycles. The first kappa shape index (κ1) is 24.4. The molecule has 0 atom stereocenters. The predicted molar refractivity (Wildman–Crippen MR) is 144 cm³/mol. The molecule has 0 spiro atoms. The topological polar surface area (TPSA) is 56.7 Å². The van der Waals surface area contributed by atoms with E-state index >= 15 is 0 Å². The SMILES string of the molecule is C=Nc1ccccc1SCc1cccc(NC=O)c1.CNc1cc(C)ccc1N1CCCC1. The molecule has 4 rings (SSSR count). The van der Waals surface area contributed by atoms with Crippen LogP contribution in [0.1, 0.15) is 24.0 Å². The zero-order chi connectivity index (χ0) is 23.5. The summed E-state index contributed by atoms with van der Waals surface area (Å²) >= 11 is 1.70. The van der Waals surface area contributed by atoms with Crippen LogP contribution in [0.4, 0.5) is 22.7 Å². The number of carbonyl (C=O) groups is 1. The second kappa shape index (κ2) is 12.7. The van der Waals surface area contributed by atoms with E-state index in [1.807, 2.05) is 55.6 Å². The van der Waals surface area contributed by atoms with Crippen molar-refractivity contribution in [1.29, 1.82) is 0 Å². The molecule has 1 aliphatic rings. The molecule has 1 amide bonds. The smallest absolute Gasteiger partial charge is 0.211 e. The van der Waals surface area contributed by atoms with E-state index in [9.17, 15) is 4.79 Å². The maximum Gasteiger partial charge on any atom is 0.211 e. The second-order valence-corrected chi connectivity index (χ2v) is 8.86. The maximum atomic E-state index is 10.4. The first-order valence-corrected chi connectivity index (χ1v) is 12.1. The summed E-state index contributed by atoms with van der Waals surface area (Å²) in [6, 6.07) is 22.3. The average molecular weight is 461 g/mol. The minimum atomic E-state index is 0.684. The quantitative estimate of drug-likeness (QED) is 0.228. The van der Waals surface area contributed by atoms with E-state index in [-0.39, 0.29) is 0 Å². The highest BCUT2D eigenvalue weighted by Gasteiger charge is 2.14. The Labute approximate surface area is 201 Å². The first-order valence-electron chi connectivity index (χ1n) is 11.2. The van der Waals surface area contributed by atoms with E-state index in [0.29, 0.717) is 6.41 Å². The van der Waals surface area contributed by atoms with Crippen molar-refractivity contribution in [3.63, 3.8) is 0 Å². The van der Waals surface area contributed by atoms with E-state index in [2.05, 4.69) is 52.4 Å². The Hall–Kier alpha value is -3.25. The molecule has 3 aromatic carbocycles. The van der Waals surface area contributed by atoms with Gasteiger partial charge in [-0.3, -0.25) is 9.79 Å². The van der Waals surface area contributed by atoms with Crippen LogP contribution < -0.4 is 15.5 Å². The molecular formula is C27H32N4OS. The van der Waals surface area contributed by atoms with E-state index < -0.39 is 0 Å². The van der Waals surface area contributed by atoms with Gasteiger partial charge in [0.05, 0.1) is 17.1 Å². The Morgan fingerprint density at radius 1 is 1.06 bits per heavy atom. The zero-order valence-corrected chi connectivity index (χ0v) is 20.2. The third-order valence-electron chi connectivity index (χ3n) is 5.45. The number of thioether (sulfide) groups is 1. The second-order valence-electron chi connectivity index (χ2n) is 7.84. The van der Waals surface area contributed by atoms with Gasteiger partial charge in [-0.1, -0.05) is 30.3 Å². The van der Waals surface area contributed by atoms with Gasteiger partial charge in [-0.15, -0.1) is 11.8 Å². The lowest BCUT2D eigenvalue weighted by Crippen LogP contribution is -2.18. The Morgan fingerprint density at radius 2 is 1.85 bits per heavy atom. The van der Waals surface area contributed by atoms with Gasteiger partial charge < -0.3 is 15.5 Å². The molecule has 0 unspecified atom stereocenters. The summed E-state index contributed by atoms with van der Waals surface area (Å²) in [4.78, 5) is 18.0. The van der Waals surface area contributed by atoms with Crippen LogP contribution in [-0.2, 0) is 10.5 Å². The highest BCUT2D eigenvalue weighted by atomic mass is 32.2. The van der Waals surface area contributed by atoms with E-state index in [0.717, 1.165) is 27.6 Å². The van der Waals surface area contributed by atoms with Crippen molar-refractivity contribution in [3.8, 4) is 0 Å². The van der Waals surface area contributed by atoms with E-state index in [4.69, 9.17) is 0 Å². The Kier molecular flexibility index (Phi) is 9.39. The fraction of sp³-hybridized carbons (Fsp3) is 0.259. The summed E-state index contributed by atoms with van der Waals surface area (Å²) in [6.07, 6.45) is 3.34. The van der Waals surface area contributed by atoms with Crippen molar-refractivity contribution in [1.82, 2.24) is 0 Å². The summed E-state index contributed by atoms with van der Waals surface area (Å²) in [5.41, 5.74) is 6.79. The third-order valence-corrected chi connectivity index (χ3v) is 6.58. The molecule has 0 aromatic heterocycles. The molecule has 172 valence electrons. The fourth-order valence-electron chi connectivity index (χ4n) is 3.77. The van der Waals surface area contributed by atoms with Crippen LogP contribution in [0.25, 0.3) is 0 Å². The van der Waals surface area contributed by atoms with Gasteiger partial charge in [-0.2, -0.15) is 0 Å². The van der Waals surface area contributed by atoms with Gasteiger partial charge in [0.25, 0.3) is 0 Å². The maximum absolute atomic E-state index is 10.4. The van der Waals surface area contributed by atoms with Crippen molar-refractivity contribution in [2.45, 2.75) is 30.4 Å². The number of benzene rings is 3. The van der Waals surface area contributed by atoms with E-state index in [1.165, 1.54) is 42.9 Å². The molecular weight excluding hydrogens is 428 g/mol. The summed E-state index contributed by atoms with van der Waals surface area (Å²) in [5.74, 6) is 0.820. The van der Waals surface area contributed by atoms with Crippen molar-refractivity contribution in [2.24, 2.45) is 4.99 Å². The van der Waals surface area contributed by atoms with Gasteiger partial charge in [-0.05, 0) is 74.0 Å². The third kappa shape index (κ3) is 7.12. The highest BCUT2D eigenvalue weighted by Crippen LogP contribution is 2.32.